The van der Waals surface area contributed by atoms with E-state index in [4.69, 9.17) is 27.9 Å². The molecule has 0 radical (unpaired) electrons. The molecule has 0 saturated heterocycles. The van der Waals surface area contributed by atoms with Crippen LogP contribution in [0.25, 0.3) is 0 Å². The lowest BCUT2D eigenvalue weighted by Gasteiger charge is -2.07. The van der Waals surface area contributed by atoms with E-state index in [0.29, 0.717) is 11.3 Å². The van der Waals surface area contributed by atoms with Gasteiger partial charge in [0.25, 0.3) is 0 Å². The lowest BCUT2D eigenvalue weighted by atomic mass is 10.2. The summed E-state index contributed by atoms with van der Waals surface area (Å²) < 4.78 is 18.6. The minimum absolute atomic E-state index is 0.131. The number of nitrogens with one attached hydrogen (secondary N) is 2. The number of rotatable bonds is 6. The third-order valence-corrected chi connectivity index (χ3v) is 4.78. The first-order valence-electron chi connectivity index (χ1n) is 8.98. The van der Waals surface area contributed by atoms with E-state index < -0.39 is 11.8 Å². The molecule has 0 bridgehead atoms. The number of halogens is 3. The summed E-state index contributed by atoms with van der Waals surface area (Å²) in [6, 6.07) is 17.6. The number of benzene rings is 3. The van der Waals surface area contributed by atoms with Crippen LogP contribution in [-0.4, -0.2) is 18.0 Å². The fourth-order valence-corrected chi connectivity index (χ4v) is 2.78. The Balaban J connectivity index is 1.53. The van der Waals surface area contributed by atoms with E-state index in [1.54, 1.807) is 48.5 Å². The highest BCUT2D eigenvalue weighted by molar-refractivity contribution is 6.45. The van der Waals surface area contributed by atoms with E-state index in [1.807, 2.05) is 0 Å². The molecule has 3 aromatic rings. The predicted octanol–water partition coefficient (Wildman–Crippen LogP) is 4.80. The molecule has 0 aliphatic rings. The summed E-state index contributed by atoms with van der Waals surface area (Å²) in [7, 11) is 0. The van der Waals surface area contributed by atoms with E-state index in [2.05, 4.69) is 15.8 Å². The zero-order valence-electron chi connectivity index (χ0n) is 15.9. The molecule has 0 saturated carbocycles. The third kappa shape index (κ3) is 6.53. The molecule has 6 nitrogen and oxygen atoms in total. The quantitative estimate of drug-likeness (QED) is 0.315. The molecule has 3 rings (SSSR count). The summed E-state index contributed by atoms with van der Waals surface area (Å²) in [5.74, 6) is -1.67. The maximum absolute atomic E-state index is 12.9. The molecule has 9 heteroatoms. The zero-order valence-corrected chi connectivity index (χ0v) is 17.5. The van der Waals surface area contributed by atoms with Gasteiger partial charge >= 0.3 is 11.8 Å². The summed E-state index contributed by atoms with van der Waals surface area (Å²) in [6.07, 6.45) is 1.36. The number of hydrogen-bond acceptors (Lipinski definition) is 4. The Morgan fingerprint density at radius 1 is 1.00 bits per heavy atom. The number of carbonyl (C=O) groups excluding carboxylic acids is 2. The van der Waals surface area contributed by atoms with Gasteiger partial charge in [-0.25, -0.2) is 9.82 Å². The van der Waals surface area contributed by atoms with Crippen molar-refractivity contribution in [1.82, 2.24) is 5.43 Å². The highest BCUT2D eigenvalue weighted by Crippen LogP contribution is 2.29. The fourth-order valence-electron chi connectivity index (χ4n) is 2.43. The van der Waals surface area contributed by atoms with Crippen LogP contribution in [0.1, 0.15) is 11.1 Å². The van der Waals surface area contributed by atoms with Gasteiger partial charge in [0, 0.05) is 0 Å². The molecule has 2 N–H and O–H groups in total. The number of nitrogens with zero attached hydrogens (tertiary/aromatic N) is 1. The largest absolute Gasteiger partial charge is 0.489 e. The highest BCUT2D eigenvalue weighted by atomic mass is 35.5. The minimum atomic E-state index is -0.976. The van der Waals surface area contributed by atoms with Crippen LogP contribution >= 0.6 is 23.2 Å². The van der Waals surface area contributed by atoms with Crippen molar-refractivity contribution in [3.05, 3.63) is 93.7 Å². The fraction of sp³-hybridized carbons (Fsp3) is 0.0455. The van der Waals surface area contributed by atoms with Gasteiger partial charge in [-0.2, -0.15) is 5.10 Å². The molecule has 0 fully saturated rings. The van der Waals surface area contributed by atoms with E-state index in [0.717, 1.165) is 5.56 Å². The van der Waals surface area contributed by atoms with Gasteiger partial charge in [-0.1, -0.05) is 53.5 Å². The number of anilines is 1. The van der Waals surface area contributed by atoms with E-state index in [9.17, 15) is 14.0 Å². The Kier molecular flexibility index (Phi) is 7.59. The summed E-state index contributed by atoms with van der Waals surface area (Å²) in [4.78, 5) is 23.9. The molecule has 0 unspecified atom stereocenters. The molecule has 0 heterocycles. The van der Waals surface area contributed by atoms with Gasteiger partial charge in [-0.05, 0) is 47.5 Å². The molecular weight excluding hydrogens is 444 g/mol. The van der Waals surface area contributed by atoms with Crippen molar-refractivity contribution in [2.24, 2.45) is 5.10 Å². The van der Waals surface area contributed by atoms with Crippen LogP contribution in [-0.2, 0) is 16.2 Å². The molecule has 0 aliphatic heterocycles. The van der Waals surface area contributed by atoms with Gasteiger partial charge in [-0.3, -0.25) is 9.59 Å². The molecule has 3 aromatic carbocycles. The smallest absolute Gasteiger partial charge is 0.329 e. The van der Waals surface area contributed by atoms with Gasteiger partial charge in [0.2, 0.25) is 0 Å². The average molecular weight is 460 g/mol. The van der Waals surface area contributed by atoms with Crippen LogP contribution in [0.4, 0.5) is 10.1 Å². The average Bonchev–Trinajstić information content (AvgIpc) is 2.77. The second-order valence-electron chi connectivity index (χ2n) is 6.24. The molecular formula is C22H16Cl2FN3O3. The highest BCUT2D eigenvalue weighted by Gasteiger charge is 2.15. The second-order valence-corrected chi connectivity index (χ2v) is 7.03. The Hall–Kier alpha value is -3.42. The SMILES string of the molecule is O=C(N/N=C/c1cccc(OCc2ccc(F)cc2)c1)C(=O)Nc1cccc(Cl)c1Cl. The van der Waals surface area contributed by atoms with E-state index >= 15 is 0 Å². The first-order valence-corrected chi connectivity index (χ1v) is 9.73. The van der Waals surface area contributed by atoms with Gasteiger partial charge in [0.05, 0.1) is 21.9 Å². The second kappa shape index (κ2) is 10.6. The van der Waals surface area contributed by atoms with Crippen molar-refractivity contribution in [3.8, 4) is 5.75 Å². The summed E-state index contributed by atoms with van der Waals surface area (Å²) in [5.41, 5.74) is 3.80. The predicted molar refractivity (Wildman–Crippen MR) is 118 cm³/mol. The molecule has 2 amide bonds. The van der Waals surface area contributed by atoms with Crippen molar-refractivity contribution < 1.29 is 18.7 Å². The van der Waals surface area contributed by atoms with Crippen LogP contribution in [0.3, 0.4) is 0 Å². The summed E-state index contributed by atoms with van der Waals surface area (Å²) in [6.45, 7) is 0.268. The standard InChI is InChI=1S/C22H16Cl2FN3O3/c23-18-5-2-6-19(20(18)24)27-21(29)22(30)28-26-12-15-3-1-4-17(11-15)31-13-14-7-9-16(25)10-8-14/h1-12H,13H2,(H,27,29)(H,28,30)/b26-12+. The van der Waals surface area contributed by atoms with Crippen molar-refractivity contribution in [2.45, 2.75) is 6.61 Å². The lowest BCUT2D eigenvalue weighted by molar-refractivity contribution is -0.136. The van der Waals surface area contributed by atoms with Crippen molar-refractivity contribution in [3.63, 3.8) is 0 Å². The molecule has 0 atom stereocenters. The molecule has 0 aliphatic carbocycles. The van der Waals surface area contributed by atoms with Crippen molar-refractivity contribution >= 4 is 46.9 Å². The third-order valence-electron chi connectivity index (χ3n) is 3.96. The monoisotopic (exact) mass is 459 g/mol. The van der Waals surface area contributed by atoms with Crippen LogP contribution in [0.2, 0.25) is 10.0 Å². The first kappa shape index (κ1) is 22.3. The summed E-state index contributed by atoms with van der Waals surface area (Å²) in [5, 5.41) is 6.51. The van der Waals surface area contributed by atoms with Crippen LogP contribution in [0, 0.1) is 5.82 Å². The topological polar surface area (TPSA) is 79.8 Å². The van der Waals surface area contributed by atoms with E-state index in [-0.39, 0.29) is 28.2 Å². The molecule has 0 spiro atoms. The van der Waals surface area contributed by atoms with Gasteiger partial charge in [0.1, 0.15) is 18.2 Å². The number of amides is 2. The molecule has 31 heavy (non-hydrogen) atoms. The summed E-state index contributed by atoms with van der Waals surface area (Å²) >= 11 is 11.8. The zero-order chi connectivity index (χ0) is 22.2. The van der Waals surface area contributed by atoms with Gasteiger partial charge in [-0.15, -0.1) is 0 Å². The number of hydrogen-bond donors (Lipinski definition) is 2. The van der Waals surface area contributed by atoms with Gasteiger partial charge in [0.15, 0.2) is 0 Å². The minimum Gasteiger partial charge on any atom is -0.489 e. The first-order chi connectivity index (χ1) is 14.9. The van der Waals surface area contributed by atoms with Gasteiger partial charge < -0.3 is 10.1 Å². The number of ether oxygens (including phenoxy) is 1. The Morgan fingerprint density at radius 3 is 2.52 bits per heavy atom. The van der Waals surface area contributed by atoms with Crippen LogP contribution in [0.5, 0.6) is 5.75 Å². The Labute approximate surface area is 187 Å². The van der Waals surface area contributed by atoms with Crippen molar-refractivity contribution in [1.29, 1.82) is 0 Å². The number of hydrazone groups is 1. The maximum Gasteiger partial charge on any atom is 0.329 e. The molecule has 158 valence electrons. The Bertz CT molecular complexity index is 1120. The van der Waals surface area contributed by atoms with Crippen LogP contribution in [0.15, 0.2) is 71.8 Å². The molecule has 0 aromatic heterocycles. The maximum atomic E-state index is 12.9. The van der Waals surface area contributed by atoms with E-state index in [1.165, 1.54) is 24.4 Å². The van der Waals surface area contributed by atoms with Crippen LogP contribution < -0.4 is 15.5 Å². The number of carbonyl (C=O) groups is 2. The Morgan fingerprint density at radius 2 is 1.74 bits per heavy atom. The lowest BCUT2D eigenvalue weighted by Crippen LogP contribution is -2.32. The van der Waals surface area contributed by atoms with Crippen molar-refractivity contribution in [2.75, 3.05) is 5.32 Å². The normalized spacial score (nSPS) is 10.7.